The van der Waals surface area contributed by atoms with Crippen LogP contribution in [0.4, 0.5) is 0 Å². The summed E-state index contributed by atoms with van der Waals surface area (Å²) in [6, 6.07) is 13.3. The van der Waals surface area contributed by atoms with Gasteiger partial charge < -0.3 is 14.8 Å². The Morgan fingerprint density at radius 3 is 2.54 bits per heavy atom. The van der Waals surface area contributed by atoms with Crippen LogP contribution in [0.5, 0.6) is 11.5 Å². The standard InChI is InChI=1S/C21H23N3O4/c1-27-18-11-16-17(12-19(18)28-2)23-14-24(21(16)26)13-20(25)22-10-6-9-15-7-4-3-5-8-15/h3-5,7-8,11-12,14H,6,9-10,13H2,1-2H3,(H,22,25). The third-order valence-corrected chi connectivity index (χ3v) is 4.45. The maximum absolute atomic E-state index is 12.7. The van der Waals surface area contributed by atoms with E-state index < -0.39 is 0 Å². The summed E-state index contributed by atoms with van der Waals surface area (Å²) in [5.74, 6) is 0.713. The molecule has 0 aliphatic carbocycles. The molecule has 1 N–H and O–H groups in total. The smallest absolute Gasteiger partial charge is 0.261 e. The SMILES string of the molecule is COc1cc2ncn(CC(=O)NCCCc3ccccc3)c(=O)c2cc1OC. The van der Waals surface area contributed by atoms with Crippen molar-refractivity contribution in [1.29, 1.82) is 0 Å². The average molecular weight is 381 g/mol. The van der Waals surface area contributed by atoms with Crippen molar-refractivity contribution in [3.8, 4) is 11.5 Å². The molecule has 7 heteroatoms. The van der Waals surface area contributed by atoms with Crippen molar-refractivity contribution in [3.63, 3.8) is 0 Å². The highest BCUT2D eigenvalue weighted by molar-refractivity contribution is 5.82. The molecule has 146 valence electrons. The summed E-state index contributed by atoms with van der Waals surface area (Å²) >= 11 is 0. The number of ether oxygens (including phenoxy) is 2. The minimum absolute atomic E-state index is 0.0819. The normalized spacial score (nSPS) is 10.6. The summed E-state index contributed by atoms with van der Waals surface area (Å²) in [6.45, 7) is 0.468. The molecule has 0 radical (unpaired) electrons. The van der Waals surface area contributed by atoms with E-state index in [0.29, 0.717) is 28.9 Å². The van der Waals surface area contributed by atoms with Gasteiger partial charge in [0.15, 0.2) is 11.5 Å². The number of hydrogen-bond acceptors (Lipinski definition) is 5. The van der Waals surface area contributed by atoms with Crippen LogP contribution in [0.3, 0.4) is 0 Å². The summed E-state index contributed by atoms with van der Waals surface area (Å²) in [5.41, 5.74) is 1.42. The van der Waals surface area contributed by atoms with Crippen LogP contribution in [-0.2, 0) is 17.8 Å². The largest absolute Gasteiger partial charge is 0.493 e. The lowest BCUT2D eigenvalue weighted by atomic mass is 10.1. The number of hydrogen-bond donors (Lipinski definition) is 1. The van der Waals surface area contributed by atoms with E-state index in [9.17, 15) is 9.59 Å². The van der Waals surface area contributed by atoms with Gasteiger partial charge in [0.1, 0.15) is 6.54 Å². The molecule has 3 rings (SSSR count). The van der Waals surface area contributed by atoms with Gasteiger partial charge in [0.2, 0.25) is 5.91 Å². The number of carbonyl (C=O) groups is 1. The molecule has 0 saturated heterocycles. The Bertz CT molecular complexity index is 1020. The monoisotopic (exact) mass is 381 g/mol. The van der Waals surface area contributed by atoms with Crippen LogP contribution in [0.1, 0.15) is 12.0 Å². The van der Waals surface area contributed by atoms with Crippen LogP contribution in [0.15, 0.2) is 53.6 Å². The Morgan fingerprint density at radius 1 is 1.11 bits per heavy atom. The molecule has 1 heterocycles. The lowest BCUT2D eigenvalue weighted by Crippen LogP contribution is -2.33. The maximum Gasteiger partial charge on any atom is 0.261 e. The van der Waals surface area contributed by atoms with Gasteiger partial charge in [0.25, 0.3) is 5.56 Å². The summed E-state index contributed by atoms with van der Waals surface area (Å²) < 4.78 is 11.8. The minimum Gasteiger partial charge on any atom is -0.493 e. The van der Waals surface area contributed by atoms with Gasteiger partial charge in [-0.25, -0.2) is 4.98 Å². The Hall–Kier alpha value is -3.35. The van der Waals surface area contributed by atoms with Crippen LogP contribution in [0.25, 0.3) is 10.9 Å². The van der Waals surface area contributed by atoms with E-state index in [1.807, 2.05) is 18.2 Å². The molecule has 0 atom stereocenters. The van der Waals surface area contributed by atoms with Crippen molar-refractivity contribution in [2.24, 2.45) is 0 Å². The number of nitrogens with one attached hydrogen (secondary N) is 1. The first-order valence-corrected chi connectivity index (χ1v) is 9.04. The van der Waals surface area contributed by atoms with E-state index in [4.69, 9.17) is 9.47 Å². The number of aromatic nitrogens is 2. The van der Waals surface area contributed by atoms with Gasteiger partial charge in [-0.2, -0.15) is 0 Å². The zero-order chi connectivity index (χ0) is 19.9. The molecule has 0 spiro atoms. The first-order chi connectivity index (χ1) is 13.6. The van der Waals surface area contributed by atoms with Crippen molar-refractivity contribution < 1.29 is 14.3 Å². The number of fused-ring (bicyclic) bond motifs is 1. The zero-order valence-electron chi connectivity index (χ0n) is 16.0. The van der Waals surface area contributed by atoms with Crippen molar-refractivity contribution >= 4 is 16.8 Å². The van der Waals surface area contributed by atoms with Gasteiger partial charge in [-0.15, -0.1) is 0 Å². The summed E-state index contributed by atoms with van der Waals surface area (Å²) in [7, 11) is 3.02. The van der Waals surface area contributed by atoms with Gasteiger partial charge in [-0.3, -0.25) is 14.2 Å². The molecule has 3 aromatic rings. The van der Waals surface area contributed by atoms with Crippen molar-refractivity contribution in [3.05, 3.63) is 64.7 Å². The first-order valence-electron chi connectivity index (χ1n) is 9.04. The number of amides is 1. The second-order valence-corrected chi connectivity index (χ2v) is 6.34. The van der Waals surface area contributed by atoms with E-state index >= 15 is 0 Å². The molecule has 0 saturated carbocycles. The fourth-order valence-corrected chi connectivity index (χ4v) is 2.97. The lowest BCUT2D eigenvalue weighted by Gasteiger charge is -2.11. The van der Waals surface area contributed by atoms with Gasteiger partial charge in [0, 0.05) is 12.6 Å². The van der Waals surface area contributed by atoms with E-state index in [1.165, 1.54) is 30.7 Å². The van der Waals surface area contributed by atoms with Crippen molar-refractivity contribution in [2.45, 2.75) is 19.4 Å². The topological polar surface area (TPSA) is 82.5 Å². The lowest BCUT2D eigenvalue weighted by molar-refractivity contribution is -0.121. The predicted molar refractivity (Wildman–Crippen MR) is 107 cm³/mol. The van der Waals surface area contributed by atoms with Gasteiger partial charge >= 0.3 is 0 Å². The van der Waals surface area contributed by atoms with Gasteiger partial charge in [0.05, 0.1) is 31.4 Å². The van der Waals surface area contributed by atoms with Gasteiger partial charge in [-0.05, 0) is 24.5 Å². The van der Waals surface area contributed by atoms with Crippen LogP contribution >= 0.6 is 0 Å². The number of carbonyl (C=O) groups excluding carboxylic acids is 1. The molecule has 28 heavy (non-hydrogen) atoms. The number of benzene rings is 2. The molecule has 1 amide bonds. The molecule has 2 aromatic carbocycles. The highest BCUT2D eigenvalue weighted by atomic mass is 16.5. The van der Waals surface area contributed by atoms with E-state index in [1.54, 1.807) is 12.1 Å². The number of rotatable bonds is 8. The third kappa shape index (κ3) is 4.49. The van der Waals surface area contributed by atoms with E-state index in [0.717, 1.165) is 12.8 Å². The average Bonchev–Trinajstić information content (AvgIpc) is 2.73. The van der Waals surface area contributed by atoms with Crippen LogP contribution < -0.4 is 20.3 Å². The second-order valence-electron chi connectivity index (χ2n) is 6.34. The Kier molecular flexibility index (Phi) is 6.26. The zero-order valence-corrected chi connectivity index (χ0v) is 16.0. The third-order valence-electron chi connectivity index (χ3n) is 4.45. The predicted octanol–water partition coefficient (Wildman–Crippen LogP) is 2.16. The number of aryl methyl sites for hydroxylation is 1. The minimum atomic E-state index is -0.301. The summed E-state index contributed by atoms with van der Waals surface area (Å²) in [6.07, 6.45) is 3.10. The van der Waals surface area contributed by atoms with Crippen LogP contribution in [-0.4, -0.2) is 36.2 Å². The molecule has 1 aromatic heterocycles. The Balaban J connectivity index is 1.64. The maximum atomic E-state index is 12.7. The highest BCUT2D eigenvalue weighted by Gasteiger charge is 2.12. The fourth-order valence-electron chi connectivity index (χ4n) is 2.97. The quantitative estimate of drug-likeness (QED) is 0.605. The number of nitrogens with zero attached hydrogens (tertiary/aromatic N) is 2. The first kappa shape index (κ1) is 19.4. The molecular weight excluding hydrogens is 358 g/mol. The number of methoxy groups -OCH3 is 2. The second kappa shape index (κ2) is 9.03. The van der Waals surface area contributed by atoms with Crippen LogP contribution in [0, 0.1) is 0 Å². The fraction of sp³-hybridized carbons (Fsp3) is 0.286. The Labute approximate surface area is 162 Å². The summed E-state index contributed by atoms with van der Waals surface area (Å²) in [4.78, 5) is 29.1. The molecule has 0 aliphatic heterocycles. The molecule has 7 nitrogen and oxygen atoms in total. The van der Waals surface area contributed by atoms with E-state index in [-0.39, 0.29) is 18.0 Å². The molecule has 0 unspecified atom stereocenters. The molecular formula is C21H23N3O4. The molecule has 0 bridgehead atoms. The molecule has 0 fully saturated rings. The van der Waals surface area contributed by atoms with Gasteiger partial charge in [-0.1, -0.05) is 30.3 Å². The summed E-state index contributed by atoms with van der Waals surface area (Å²) in [5, 5.41) is 3.22. The molecule has 0 aliphatic rings. The Morgan fingerprint density at radius 2 is 1.82 bits per heavy atom. The van der Waals surface area contributed by atoms with Crippen molar-refractivity contribution in [1.82, 2.24) is 14.9 Å². The van der Waals surface area contributed by atoms with Crippen LogP contribution in [0.2, 0.25) is 0 Å². The van der Waals surface area contributed by atoms with Crippen molar-refractivity contribution in [2.75, 3.05) is 20.8 Å². The highest BCUT2D eigenvalue weighted by Crippen LogP contribution is 2.29. The van der Waals surface area contributed by atoms with E-state index in [2.05, 4.69) is 22.4 Å².